The first-order chi connectivity index (χ1) is 16.7. The van der Waals surface area contributed by atoms with Crippen LogP contribution in [0, 0.1) is 18.6 Å². The molecule has 4 rings (SSSR count). The summed E-state index contributed by atoms with van der Waals surface area (Å²) in [5.74, 6) is -1.11. The van der Waals surface area contributed by atoms with E-state index in [1.54, 1.807) is 36.1 Å². The first kappa shape index (κ1) is 25.0. The third-order valence-electron chi connectivity index (χ3n) is 5.95. The molecule has 184 valence electrons. The Labute approximate surface area is 209 Å². The summed E-state index contributed by atoms with van der Waals surface area (Å²) in [6.07, 6.45) is 0.801. The zero-order chi connectivity index (χ0) is 25.1. The number of aliphatic hydroxyl groups excluding tert-OH is 1. The van der Waals surface area contributed by atoms with Crippen LogP contribution in [0.1, 0.15) is 40.2 Å². The first-order valence-electron chi connectivity index (χ1n) is 11.1. The van der Waals surface area contributed by atoms with Gasteiger partial charge in [-0.1, -0.05) is 12.1 Å². The number of hydrogen-bond donors (Lipinski definition) is 1. The second kappa shape index (κ2) is 10.7. The van der Waals surface area contributed by atoms with Crippen LogP contribution in [-0.4, -0.2) is 44.7 Å². The van der Waals surface area contributed by atoms with E-state index in [9.17, 15) is 23.5 Å². The Bertz CT molecular complexity index is 1290. The van der Waals surface area contributed by atoms with Gasteiger partial charge in [-0.2, -0.15) is 4.98 Å². The summed E-state index contributed by atoms with van der Waals surface area (Å²) < 4.78 is 34.0. The fraction of sp³-hybridized carbons (Fsp3) is 0.320. The average molecular weight is 548 g/mol. The van der Waals surface area contributed by atoms with Gasteiger partial charge in [0, 0.05) is 30.3 Å². The van der Waals surface area contributed by atoms with Gasteiger partial charge >= 0.3 is 0 Å². The molecular formula is C25H24BrF2N3O4. The van der Waals surface area contributed by atoms with Crippen molar-refractivity contribution in [3.8, 4) is 5.88 Å². The van der Waals surface area contributed by atoms with Crippen molar-refractivity contribution in [2.45, 2.75) is 39.0 Å². The number of aliphatic hydroxyl groups is 1. The number of piperidine rings is 1. The van der Waals surface area contributed by atoms with E-state index in [4.69, 9.17) is 4.74 Å². The summed E-state index contributed by atoms with van der Waals surface area (Å²) in [5, 5.41) is 9.63. The molecular weight excluding hydrogens is 524 g/mol. The monoisotopic (exact) mass is 547 g/mol. The van der Waals surface area contributed by atoms with E-state index in [2.05, 4.69) is 20.9 Å². The number of amides is 1. The number of benzene rings is 2. The Kier molecular flexibility index (Phi) is 7.61. The number of carbonyl (C=O) groups is 1. The van der Waals surface area contributed by atoms with Gasteiger partial charge in [0.15, 0.2) is 0 Å². The highest BCUT2D eigenvalue weighted by Crippen LogP contribution is 2.22. The summed E-state index contributed by atoms with van der Waals surface area (Å²) in [7, 11) is 0. The van der Waals surface area contributed by atoms with E-state index in [1.807, 2.05) is 0 Å². The minimum atomic E-state index is -0.744. The largest absolute Gasteiger partial charge is 0.472 e. The molecule has 2 aromatic carbocycles. The third-order valence-corrected chi connectivity index (χ3v) is 6.63. The first-order valence-corrected chi connectivity index (χ1v) is 11.9. The Balaban J connectivity index is 1.46. The van der Waals surface area contributed by atoms with Gasteiger partial charge in [0.1, 0.15) is 28.5 Å². The molecule has 7 nitrogen and oxygen atoms in total. The molecule has 0 radical (unpaired) electrons. The van der Waals surface area contributed by atoms with E-state index in [1.165, 1.54) is 10.6 Å². The predicted octanol–water partition coefficient (Wildman–Crippen LogP) is 3.82. The Morgan fingerprint density at radius 3 is 2.51 bits per heavy atom. The van der Waals surface area contributed by atoms with Crippen molar-refractivity contribution in [1.29, 1.82) is 0 Å². The zero-order valence-corrected chi connectivity index (χ0v) is 20.6. The van der Waals surface area contributed by atoms with Crippen LogP contribution in [0.15, 0.2) is 51.7 Å². The molecule has 1 aliphatic rings. The second-order valence-electron chi connectivity index (χ2n) is 8.41. The van der Waals surface area contributed by atoms with Crippen LogP contribution in [0.4, 0.5) is 8.78 Å². The van der Waals surface area contributed by atoms with Crippen molar-refractivity contribution in [3.63, 3.8) is 0 Å². The van der Waals surface area contributed by atoms with Gasteiger partial charge in [-0.15, -0.1) is 0 Å². The molecule has 1 saturated heterocycles. The van der Waals surface area contributed by atoms with Crippen molar-refractivity contribution in [2.75, 3.05) is 13.1 Å². The van der Waals surface area contributed by atoms with Crippen LogP contribution >= 0.6 is 15.9 Å². The number of likely N-dealkylation sites (tertiary alicyclic amines) is 1. The molecule has 1 aliphatic heterocycles. The molecule has 1 aromatic heterocycles. The van der Waals surface area contributed by atoms with Gasteiger partial charge in [-0.05, 0) is 65.5 Å². The smallest absolute Gasteiger partial charge is 0.272 e. The summed E-state index contributed by atoms with van der Waals surface area (Å²) in [6.45, 7) is 2.72. The topological polar surface area (TPSA) is 84.7 Å². The van der Waals surface area contributed by atoms with Gasteiger partial charge in [0.2, 0.25) is 5.88 Å². The second-order valence-corrected chi connectivity index (χ2v) is 9.21. The van der Waals surface area contributed by atoms with Crippen LogP contribution in [0.25, 0.3) is 0 Å². The lowest BCUT2D eigenvalue weighted by Crippen LogP contribution is -2.40. The van der Waals surface area contributed by atoms with Crippen molar-refractivity contribution in [2.24, 2.45) is 0 Å². The molecule has 0 atom stereocenters. The van der Waals surface area contributed by atoms with Crippen LogP contribution in [0.3, 0.4) is 0 Å². The molecule has 1 fully saturated rings. The van der Waals surface area contributed by atoms with Crippen LogP contribution in [0.2, 0.25) is 0 Å². The molecule has 1 N–H and O–H groups in total. The molecule has 10 heteroatoms. The zero-order valence-electron chi connectivity index (χ0n) is 19.0. The minimum Gasteiger partial charge on any atom is -0.472 e. The average Bonchev–Trinajstić information content (AvgIpc) is 2.84. The summed E-state index contributed by atoms with van der Waals surface area (Å²) in [6, 6.07) is 10.2. The van der Waals surface area contributed by atoms with Gasteiger partial charge in [-0.25, -0.2) is 8.78 Å². The molecule has 3 aromatic rings. The highest BCUT2D eigenvalue weighted by Gasteiger charge is 2.22. The Morgan fingerprint density at radius 1 is 1.17 bits per heavy atom. The lowest BCUT2D eigenvalue weighted by atomic mass is 10.1. The molecule has 2 heterocycles. The number of rotatable bonds is 6. The van der Waals surface area contributed by atoms with Crippen LogP contribution in [0.5, 0.6) is 5.88 Å². The molecule has 0 spiro atoms. The number of ether oxygens (including phenoxy) is 1. The number of hydrogen-bond acceptors (Lipinski definition) is 5. The third kappa shape index (κ3) is 5.76. The van der Waals surface area contributed by atoms with E-state index in [0.717, 1.165) is 17.7 Å². The molecule has 0 unspecified atom stereocenters. The highest BCUT2D eigenvalue weighted by atomic mass is 79.9. The molecule has 35 heavy (non-hydrogen) atoms. The van der Waals surface area contributed by atoms with E-state index < -0.39 is 11.6 Å². The van der Waals surface area contributed by atoms with Crippen molar-refractivity contribution in [1.82, 2.24) is 14.5 Å². The van der Waals surface area contributed by atoms with Crippen LogP contribution < -0.4 is 10.3 Å². The van der Waals surface area contributed by atoms with Crippen molar-refractivity contribution < 1.29 is 23.4 Å². The number of aryl methyl sites for hydroxylation is 1. The molecule has 0 saturated carbocycles. The lowest BCUT2D eigenvalue weighted by molar-refractivity contribution is 0.0546. The van der Waals surface area contributed by atoms with E-state index in [0.29, 0.717) is 37.3 Å². The lowest BCUT2D eigenvalue weighted by Gasteiger charge is -2.29. The summed E-state index contributed by atoms with van der Waals surface area (Å²) in [5.41, 5.74) is 1.11. The molecule has 0 bridgehead atoms. The molecule has 0 aliphatic carbocycles. The number of carbonyl (C=O) groups excluding carboxylic acids is 1. The van der Waals surface area contributed by atoms with Crippen LogP contribution in [-0.2, 0) is 13.2 Å². The summed E-state index contributed by atoms with van der Waals surface area (Å²) >= 11 is 3.22. The maximum atomic E-state index is 13.9. The van der Waals surface area contributed by atoms with Gasteiger partial charge in [0.05, 0.1) is 12.6 Å². The quantitative estimate of drug-likeness (QED) is 0.507. The normalized spacial score (nSPS) is 14.3. The van der Waals surface area contributed by atoms with E-state index in [-0.39, 0.29) is 46.6 Å². The highest BCUT2D eigenvalue weighted by molar-refractivity contribution is 9.10. The fourth-order valence-corrected chi connectivity index (χ4v) is 4.28. The maximum absolute atomic E-state index is 13.9. The Hall–Kier alpha value is -3.11. The fourth-order valence-electron chi connectivity index (χ4n) is 3.87. The molecule has 1 amide bonds. The number of aromatic nitrogens is 2. The van der Waals surface area contributed by atoms with Gasteiger partial charge < -0.3 is 14.7 Å². The minimum absolute atomic E-state index is 0.0140. The number of nitrogens with zero attached hydrogens (tertiary/aromatic N) is 3. The number of halogens is 3. The van der Waals surface area contributed by atoms with Crippen molar-refractivity contribution >= 4 is 21.8 Å². The summed E-state index contributed by atoms with van der Waals surface area (Å²) in [4.78, 5) is 31.7. The van der Waals surface area contributed by atoms with Gasteiger partial charge in [-0.3, -0.25) is 14.2 Å². The predicted molar refractivity (Wildman–Crippen MR) is 128 cm³/mol. The maximum Gasteiger partial charge on any atom is 0.272 e. The SMILES string of the molecule is Cc1nc(OCc2ccc(F)cc2F)c(Br)c(=O)n1Cc1ccc(C(=O)N2CCC(O)CC2)cc1. The van der Waals surface area contributed by atoms with Gasteiger partial charge in [0.25, 0.3) is 11.5 Å². The Morgan fingerprint density at radius 2 is 1.86 bits per heavy atom. The van der Waals surface area contributed by atoms with Crippen molar-refractivity contribution in [3.05, 3.63) is 91.4 Å². The standard InChI is InChI=1S/C25H24BrF2N3O4/c1-15-29-23(35-14-18-6-7-19(27)12-21(18)28)22(26)25(34)31(15)13-16-2-4-17(5-3-16)24(33)30-10-8-20(32)9-11-30/h2-7,12,20,32H,8-11,13-14H2,1H3. The van der Waals surface area contributed by atoms with E-state index >= 15 is 0 Å².